The van der Waals surface area contributed by atoms with E-state index in [0.29, 0.717) is 11.3 Å². The maximum atomic E-state index is 12.1. The van der Waals surface area contributed by atoms with Crippen LogP contribution in [0.2, 0.25) is 0 Å². The van der Waals surface area contributed by atoms with Gasteiger partial charge in [0.15, 0.2) is 0 Å². The number of ether oxygens (including phenoxy) is 1. The van der Waals surface area contributed by atoms with Gasteiger partial charge in [0.1, 0.15) is 5.75 Å². The summed E-state index contributed by atoms with van der Waals surface area (Å²) in [6.45, 7) is 6.20. The van der Waals surface area contributed by atoms with E-state index in [1.54, 1.807) is 31.5 Å². The van der Waals surface area contributed by atoms with Crippen LogP contribution in [0.15, 0.2) is 52.0 Å². The fourth-order valence-electron chi connectivity index (χ4n) is 2.40. The van der Waals surface area contributed by atoms with Gasteiger partial charge in [-0.25, -0.2) is 5.43 Å². The third-order valence-corrected chi connectivity index (χ3v) is 4.44. The molecule has 0 aliphatic carbocycles. The monoisotopic (exact) mass is 403 g/mol. The van der Waals surface area contributed by atoms with Gasteiger partial charge >= 0.3 is 0 Å². The van der Waals surface area contributed by atoms with Crippen molar-refractivity contribution in [2.45, 2.75) is 13.8 Å². The first kappa shape index (κ1) is 19.0. The average molecular weight is 404 g/mol. The lowest BCUT2D eigenvalue weighted by Gasteiger charge is -2.20. The molecule has 0 spiro atoms. The molecule has 0 aliphatic heterocycles. The van der Waals surface area contributed by atoms with Gasteiger partial charge in [-0.05, 0) is 65.7 Å². The van der Waals surface area contributed by atoms with Crippen molar-refractivity contribution in [1.29, 1.82) is 0 Å². The lowest BCUT2D eigenvalue weighted by Crippen LogP contribution is -2.21. The molecular formula is C19H22BrN3O2. The normalized spacial score (nSPS) is 10.7. The molecule has 132 valence electrons. The molecule has 1 amide bonds. The minimum atomic E-state index is -0.278. The molecule has 0 aliphatic rings. The number of hydrogen-bond acceptors (Lipinski definition) is 4. The van der Waals surface area contributed by atoms with E-state index in [-0.39, 0.29) is 5.91 Å². The van der Waals surface area contributed by atoms with Gasteiger partial charge < -0.3 is 9.64 Å². The Labute approximate surface area is 156 Å². The van der Waals surface area contributed by atoms with Gasteiger partial charge in [0.05, 0.1) is 17.8 Å². The fraction of sp³-hybridized carbons (Fsp3) is 0.263. The quantitative estimate of drug-likeness (QED) is 0.559. The Hall–Kier alpha value is -2.34. The number of benzene rings is 2. The first-order chi connectivity index (χ1) is 12.1. The zero-order valence-corrected chi connectivity index (χ0v) is 16.2. The molecule has 0 saturated heterocycles. The summed E-state index contributed by atoms with van der Waals surface area (Å²) in [6.07, 6.45) is 1.63. The van der Waals surface area contributed by atoms with Crippen LogP contribution in [0.25, 0.3) is 0 Å². The van der Waals surface area contributed by atoms with E-state index in [9.17, 15) is 4.79 Å². The number of rotatable bonds is 7. The van der Waals surface area contributed by atoms with E-state index in [0.717, 1.165) is 23.1 Å². The topological polar surface area (TPSA) is 53.9 Å². The molecule has 0 aromatic heterocycles. The van der Waals surface area contributed by atoms with Crippen molar-refractivity contribution >= 4 is 33.7 Å². The average Bonchev–Trinajstić information content (AvgIpc) is 2.63. The smallest absolute Gasteiger partial charge is 0.271 e. The summed E-state index contributed by atoms with van der Waals surface area (Å²) in [5, 5.41) is 4.02. The van der Waals surface area contributed by atoms with Crippen LogP contribution in [0.3, 0.4) is 0 Å². The second-order valence-corrected chi connectivity index (χ2v) is 6.17. The zero-order valence-electron chi connectivity index (χ0n) is 14.6. The molecule has 2 rings (SSSR count). The molecule has 0 radical (unpaired) electrons. The summed E-state index contributed by atoms with van der Waals surface area (Å²) in [5.74, 6) is 0.396. The number of amides is 1. The van der Waals surface area contributed by atoms with E-state index in [1.807, 2.05) is 12.1 Å². The second-order valence-electron chi connectivity index (χ2n) is 5.31. The lowest BCUT2D eigenvalue weighted by atomic mass is 10.2. The van der Waals surface area contributed by atoms with Crippen LogP contribution in [-0.4, -0.2) is 32.3 Å². The van der Waals surface area contributed by atoms with Crippen LogP contribution in [-0.2, 0) is 0 Å². The maximum Gasteiger partial charge on any atom is 0.271 e. The van der Waals surface area contributed by atoms with Gasteiger partial charge in [-0.15, -0.1) is 0 Å². The highest BCUT2D eigenvalue weighted by molar-refractivity contribution is 9.10. The van der Waals surface area contributed by atoms with Gasteiger partial charge in [-0.2, -0.15) is 5.10 Å². The number of anilines is 1. The van der Waals surface area contributed by atoms with Crippen LogP contribution in [0.1, 0.15) is 29.8 Å². The Morgan fingerprint density at radius 1 is 1.20 bits per heavy atom. The molecule has 0 saturated carbocycles. The van der Waals surface area contributed by atoms with E-state index in [4.69, 9.17) is 4.74 Å². The van der Waals surface area contributed by atoms with Gasteiger partial charge in [0.2, 0.25) is 0 Å². The molecule has 0 unspecified atom stereocenters. The Morgan fingerprint density at radius 2 is 1.88 bits per heavy atom. The number of halogens is 1. The highest BCUT2D eigenvalue weighted by Crippen LogP contribution is 2.25. The summed E-state index contributed by atoms with van der Waals surface area (Å²) >= 11 is 3.36. The Kier molecular flexibility index (Phi) is 7.01. The summed E-state index contributed by atoms with van der Waals surface area (Å²) in [4.78, 5) is 14.4. The standard InChI is InChI=1S/C19H22BrN3O2/c1-4-23(5-2)16-9-6-14(7-10-16)13-21-22-19(24)15-8-11-18(25-3)17(20)12-15/h6-13H,4-5H2,1-3H3,(H,22,24). The fourth-order valence-corrected chi connectivity index (χ4v) is 2.94. The molecule has 0 bridgehead atoms. The maximum absolute atomic E-state index is 12.1. The SMILES string of the molecule is CCN(CC)c1ccc(C=NNC(=O)c2ccc(OC)c(Br)c2)cc1. The van der Waals surface area contributed by atoms with Crippen LogP contribution >= 0.6 is 15.9 Å². The van der Waals surface area contributed by atoms with Crippen molar-refractivity contribution in [3.8, 4) is 5.75 Å². The Bertz CT molecular complexity index is 741. The highest BCUT2D eigenvalue weighted by Gasteiger charge is 2.08. The van der Waals surface area contributed by atoms with Crippen molar-refractivity contribution in [3.05, 3.63) is 58.1 Å². The molecule has 2 aromatic carbocycles. The number of methoxy groups -OCH3 is 1. The largest absolute Gasteiger partial charge is 0.496 e. The molecule has 5 nitrogen and oxygen atoms in total. The third-order valence-electron chi connectivity index (χ3n) is 3.82. The Morgan fingerprint density at radius 3 is 2.44 bits per heavy atom. The van der Waals surface area contributed by atoms with E-state index < -0.39 is 0 Å². The summed E-state index contributed by atoms with van der Waals surface area (Å²) < 4.78 is 5.87. The third kappa shape index (κ3) is 5.06. The van der Waals surface area contributed by atoms with Gasteiger partial charge in [-0.3, -0.25) is 4.79 Å². The van der Waals surface area contributed by atoms with Crippen molar-refractivity contribution in [2.75, 3.05) is 25.1 Å². The van der Waals surface area contributed by atoms with Crippen molar-refractivity contribution in [2.24, 2.45) is 5.10 Å². The van der Waals surface area contributed by atoms with Crippen LogP contribution in [0.4, 0.5) is 5.69 Å². The van der Waals surface area contributed by atoms with Crippen molar-refractivity contribution < 1.29 is 9.53 Å². The predicted octanol–water partition coefficient (Wildman–Crippen LogP) is 4.07. The van der Waals surface area contributed by atoms with Crippen molar-refractivity contribution in [3.63, 3.8) is 0 Å². The zero-order chi connectivity index (χ0) is 18.2. The summed E-state index contributed by atoms with van der Waals surface area (Å²) in [5.41, 5.74) is 5.13. The number of carbonyl (C=O) groups excluding carboxylic acids is 1. The lowest BCUT2D eigenvalue weighted by molar-refractivity contribution is 0.0955. The van der Waals surface area contributed by atoms with Crippen LogP contribution < -0.4 is 15.1 Å². The molecule has 25 heavy (non-hydrogen) atoms. The number of nitrogens with one attached hydrogen (secondary N) is 1. The van der Waals surface area contributed by atoms with E-state index in [1.165, 1.54) is 5.69 Å². The molecule has 0 fully saturated rings. The van der Waals surface area contributed by atoms with Gasteiger partial charge in [0.25, 0.3) is 5.91 Å². The van der Waals surface area contributed by atoms with E-state index in [2.05, 4.69) is 57.3 Å². The predicted molar refractivity (Wildman–Crippen MR) is 106 cm³/mol. The summed E-state index contributed by atoms with van der Waals surface area (Å²) in [7, 11) is 1.58. The molecule has 1 N–H and O–H groups in total. The molecule has 0 heterocycles. The first-order valence-electron chi connectivity index (χ1n) is 8.11. The first-order valence-corrected chi connectivity index (χ1v) is 8.90. The number of nitrogens with zero attached hydrogens (tertiary/aromatic N) is 2. The highest BCUT2D eigenvalue weighted by atomic mass is 79.9. The minimum Gasteiger partial charge on any atom is -0.496 e. The number of hydrogen-bond donors (Lipinski definition) is 1. The minimum absolute atomic E-state index is 0.278. The molecule has 0 atom stereocenters. The van der Waals surface area contributed by atoms with E-state index >= 15 is 0 Å². The van der Waals surface area contributed by atoms with Crippen LogP contribution in [0.5, 0.6) is 5.75 Å². The molecule has 6 heteroatoms. The van der Waals surface area contributed by atoms with Gasteiger partial charge in [0, 0.05) is 24.3 Å². The van der Waals surface area contributed by atoms with Crippen LogP contribution in [0, 0.1) is 0 Å². The molecule has 2 aromatic rings. The molecular weight excluding hydrogens is 382 g/mol. The van der Waals surface area contributed by atoms with Gasteiger partial charge in [-0.1, -0.05) is 12.1 Å². The second kappa shape index (κ2) is 9.22. The summed E-state index contributed by atoms with van der Waals surface area (Å²) in [6, 6.07) is 13.2. The Balaban J connectivity index is 1.98. The number of carbonyl (C=O) groups is 1. The number of hydrazone groups is 1. The van der Waals surface area contributed by atoms with Crippen molar-refractivity contribution in [1.82, 2.24) is 5.43 Å².